The van der Waals surface area contributed by atoms with Crippen molar-refractivity contribution in [1.29, 1.82) is 0 Å². The molecule has 13 heteroatoms. The summed E-state index contributed by atoms with van der Waals surface area (Å²) in [4.78, 5) is 35.6. The van der Waals surface area contributed by atoms with E-state index in [1.165, 1.54) is 18.0 Å². The molecule has 12 nitrogen and oxygen atoms in total. The number of benzene rings is 1. The zero-order valence-corrected chi connectivity index (χ0v) is 18.8. The molecule has 0 radical (unpaired) electrons. The minimum Gasteiger partial charge on any atom is -0.486 e. The van der Waals surface area contributed by atoms with Gasteiger partial charge in [0.1, 0.15) is 13.2 Å². The van der Waals surface area contributed by atoms with Crippen molar-refractivity contribution in [2.24, 2.45) is 5.73 Å². The van der Waals surface area contributed by atoms with Crippen molar-refractivity contribution in [2.45, 2.75) is 24.5 Å². The number of anilines is 1. The fraction of sp³-hybridized carbons (Fsp3) is 0.286. The Labute approximate surface area is 198 Å². The second-order valence-electron chi connectivity index (χ2n) is 7.11. The van der Waals surface area contributed by atoms with Crippen molar-refractivity contribution in [3.05, 3.63) is 36.6 Å². The second kappa shape index (κ2) is 10.7. The van der Waals surface area contributed by atoms with Gasteiger partial charge in [0, 0.05) is 36.9 Å². The monoisotopic (exact) mass is 486 g/mol. The molecule has 3 aromatic rings. The minimum atomic E-state index is -0.656. The number of nitrogens with two attached hydrogens (primary N) is 1. The van der Waals surface area contributed by atoms with E-state index in [1.54, 1.807) is 34.9 Å². The van der Waals surface area contributed by atoms with Crippen molar-refractivity contribution < 1.29 is 28.3 Å². The van der Waals surface area contributed by atoms with Gasteiger partial charge in [-0.15, -0.1) is 10.2 Å². The Morgan fingerprint density at radius 1 is 1.09 bits per heavy atom. The summed E-state index contributed by atoms with van der Waals surface area (Å²) in [5, 5.41) is 13.6. The lowest BCUT2D eigenvalue weighted by Crippen LogP contribution is -2.34. The standard InChI is InChI=1S/C21H22N6O6S/c22-17(28)5-7-27-19(15-2-1-8-31-15)25-26-21(27)34-11-6-18(29)24-20(30)23-13-3-4-14-16(12-13)33-10-9-32-14/h1-4,8,12H,5-7,9-11H2,(H2,22,28)(H2,23,24,29,30). The molecule has 178 valence electrons. The quantitative estimate of drug-likeness (QED) is 0.384. The van der Waals surface area contributed by atoms with Gasteiger partial charge < -0.3 is 24.9 Å². The van der Waals surface area contributed by atoms with Gasteiger partial charge in [-0.05, 0) is 24.3 Å². The third-order valence-corrected chi connectivity index (χ3v) is 5.62. The summed E-state index contributed by atoms with van der Waals surface area (Å²) in [6, 6.07) is 7.76. The summed E-state index contributed by atoms with van der Waals surface area (Å²) in [6.45, 7) is 1.17. The molecule has 0 unspecified atom stereocenters. The predicted molar refractivity (Wildman–Crippen MR) is 121 cm³/mol. The smallest absolute Gasteiger partial charge is 0.325 e. The van der Waals surface area contributed by atoms with Crippen LogP contribution in [0.5, 0.6) is 11.5 Å². The van der Waals surface area contributed by atoms with Crippen LogP contribution >= 0.6 is 11.8 Å². The molecule has 0 bridgehead atoms. The molecule has 0 saturated heterocycles. The van der Waals surface area contributed by atoms with E-state index in [0.717, 1.165) is 0 Å². The molecule has 4 rings (SSSR count). The number of thioether (sulfide) groups is 1. The maximum absolute atomic E-state index is 12.2. The van der Waals surface area contributed by atoms with E-state index in [1.807, 2.05) is 0 Å². The molecular weight excluding hydrogens is 464 g/mol. The van der Waals surface area contributed by atoms with Crippen LogP contribution in [0, 0.1) is 0 Å². The SMILES string of the molecule is NC(=O)CCn1c(SCCC(=O)NC(=O)Nc2ccc3c(c2)OCCO3)nnc1-c1ccco1. The van der Waals surface area contributed by atoms with Crippen LogP contribution in [0.25, 0.3) is 11.6 Å². The topological polar surface area (TPSA) is 164 Å². The number of imide groups is 1. The number of urea groups is 1. The molecule has 1 aliphatic heterocycles. The van der Waals surface area contributed by atoms with Gasteiger partial charge in [-0.1, -0.05) is 11.8 Å². The van der Waals surface area contributed by atoms with Crippen LogP contribution in [-0.2, 0) is 16.1 Å². The van der Waals surface area contributed by atoms with Gasteiger partial charge >= 0.3 is 6.03 Å². The van der Waals surface area contributed by atoms with Gasteiger partial charge in [-0.3, -0.25) is 19.5 Å². The molecule has 2 aromatic heterocycles. The number of carbonyl (C=O) groups is 3. The number of furan rings is 1. The molecule has 4 N–H and O–H groups in total. The maximum atomic E-state index is 12.2. The number of hydrogen-bond acceptors (Lipinski definition) is 9. The number of nitrogens with zero attached hydrogens (tertiary/aromatic N) is 3. The highest BCUT2D eigenvalue weighted by atomic mass is 32.2. The van der Waals surface area contributed by atoms with E-state index >= 15 is 0 Å². The van der Waals surface area contributed by atoms with Gasteiger partial charge in [0.25, 0.3) is 0 Å². The highest BCUT2D eigenvalue weighted by Gasteiger charge is 2.18. The van der Waals surface area contributed by atoms with Crippen molar-refractivity contribution in [3.8, 4) is 23.1 Å². The van der Waals surface area contributed by atoms with Crippen LogP contribution in [0.2, 0.25) is 0 Å². The van der Waals surface area contributed by atoms with E-state index < -0.39 is 17.8 Å². The summed E-state index contributed by atoms with van der Waals surface area (Å²) in [5.74, 6) is 1.49. The Hall–Kier alpha value is -4.00. The first kappa shape index (κ1) is 23.2. The van der Waals surface area contributed by atoms with Gasteiger partial charge in [-0.25, -0.2) is 4.79 Å². The van der Waals surface area contributed by atoms with E-state index in [9.17, 15) is 14.4 Å². The Bertz CT molecular complexity index is 1180. The molecule has 0 fully saturated rings. The first-order valence-electron chi connectivity index (χ1n) is 10.4. The van der Waals surface area contributed by atoms with E-state index in [4.69, 9.17) is 19.6 Å². The van der Waals surface area contributed by atoms with Gasteiger partial charge in [-0.2, -0.15) is 0 Å². The summed E-state index contributed by atoms with van der Waals surface area (Å²) in [5.41, 5.74) is 5.74. The number of fused-ring (bicyclic) bond motifs is 1. The third-order valence-electron chi connectivity index (χ3n) is 4.65. The zero-order valence-electron chi connectivity index (χ0n) is 18.0. The Kier molecular flexibility index (Phi) is 7.32. The summed E-state index contributed by atoms with van der Waals surface area (Å²) >= 11 is 1.26. The Balaban J connectivity index is 1.29. The third kappa shape index (κ3) is 5.86. The molecule has 1 aliphatic rings. The summed E-state index contributed by atoms with van der Waals surface area (Å²) in [7, 11) is 0. The van der Waals surface area contributed by atoms with E-state index in [-0.39, 0.29) is 19.4 Å². The van der Waals surface area contributed by atoms with Crippen molar-refractivity contribution in [2.75, 3.05) is 24.3 Å². The normalized spacial score (nSPS) is 12.2. The minimum absolute atomic E-state index is 0.0536. The van der Waals surface area contributed by atoms with Crippen LogP contribution < -0.4 is 25.8 Å². The van der Waals surface area contributed by atoms with Crippen LogP contribution in [-0.4, -0.2) is 51.6 Å². The number of rotatable bonds is 9. The summed E-state index contributed by atoms with van der Waals surface area (Å²) in [6.07, 6.45) is 1.66. The first-order valence-corrected chi connectivity index (χ1v) is 11.4. The molecule has 0 spiro atoms. The first-order chi connectivity index (χ1) is 16.5. The number of amides is 4. The largest absolute Gasteiger partial charge is 0.486 e. The van der Waals surface area contributed by atoms with Crippen LogP contribution in [0.1, 0.15) is 12.8 Å². The lowest BCUT2D eigenvalue weighted by molar-refractivity contribution is -0.119. The van der Waals surface area contributed by atoms with E-state index in [2.05, 4.69) is 20.8 Å². The maximum Gasteiger partial charge on any atom is 0.325 e. The molecular formula is C21H22N6O6S. The highest BCUT2D eigenvalue weighted by Crippen LogP contribution is 2.32. The fourth-order valence-electron chi connectivity index (χ4n) is 3.11. The number of hydrogen-bond donors (Lipinski definition) is 3. The molecule has 3 heterocycles. The molecule has 0 atom stereocenters. The fourth-order valence-corrected chi connectivity index (χ4v) is 4.02. The average Bonchev–Trinajstić information content (AvgIpc) is 3.47. The van der Waals surface area contributed by atoms with Gasteiger partial charge in [0.05, 0.1) is 6.26 Å². The molecule has 4 amide bonds. The van der Waals surface area contributed by atoms with Crippen LogP contribution in [0.4, 0.5) is 10.5 Å². The van der Waals surface area contributed by atoms with Gasteiger partial charge in [0.2, 0.25) is 11.8 Å². The van der Waals surface area contributed by atoms with Crippen molar-refractivity contribution in [1.82, 2.24) is 20.1 Å². The predicted octanol–water partition coefficient (Wildman–Crippen LogP) is 2.02. The van der Waals surface area contributed by atoms with Crippen LogP contribution in [0.15, 0.2) is 46.2 Å². The Morgan fingerprint density at radius 3 is 2.68 bits per heavy atom. The molecule has 0 aliphatic carbocycles. The average molecular weight is 487 g/mol. The molecule has 0 saturated carbocycles. The second-order valence-corrected chi connectivity index (χ2v) is 8.17. The number of carbonyl (C=O) groups excluding carboxylic acids is 3. The van der Waals surface area contributed by atoms with Crippen molar-refractivity contribution >= 4 is 35.3 Å². The molecule has 34 heavy (non-hydrogen) atoms. The number of primary amides is 1. The number of aromatic nitrogens is 3. The van der Waals surface area contributed by atoms with Gasteiger partial charge in [0.15, 0.2) is 28.2 Å². The number of nitrogens with one attached hydrogen (secondary N) is 2. The van der Waals surface area contributed by atoms with Crippen LogP contribution in [0.3, 0.4) is 0 Å². The number of ether oxygens (including phenoxy) is 2. The lowest BCUT2D eigenvalue weighted by atomic mass is 10.2. The summed E-state index contributed by atoms with van der Waals surface area (Å²) < 4.78 is 18.0. The highest BCUT2D eigenvalue weighted by molar-refractivity contribution is 7.99. The lowest BCUT2D eigenvalue weighted by Gasteiger charge is -2.19. The molecule has 1 aromatic carbocycles. The Morgan fingerprint density at radius 2 is 1.91 bits per heavy atom. The zero-order chi connectivity index (χ0) is 23.9. The van der Waals surface area contributed by atoms with E-state index in [0.29, 0.717) is 52.9 Å². The van der Waals surface area contributed by atoms with Crippen molar-refractivity contribution in [3.63, 3.8) is 0 Å².